The maximum Gasteiger partial charge on any atom is 0.302 e. The number of carbonyl (C=O) groups excluding carboxylic acids is 2. The molecule has 0 aromatic carbocycles. The fraction of sp³-hybridized carbons (Fsp3) is 0.923. The lowest BCUT2D eigenvalue weighted by molar-refractivity contribution is -0.266. The summed E-state index contributed by atoms with van der Waals surface area (Å²) in [6.45, 7) is 10.9. The van der Waals surface area contributed by atoms with Crippen LogP contribution in [0.4, 0.5) is 0 Å². The Bertz CT molecular complexity index is 797. The third-order valence-corrected chi connectivity index (χ3v) is 9.84. The second-order valence-electron chi connectivity index (χ2n) is 11.4. The van der Waals surface area contributed by atoms with Gasteiger partial charge < -0.3 is 28.4 Å². The molecule has 0 bridgehead atoms. The fourth-order valence-corrected chi connectivity index (χ4v) is 8.07. The fourth-order valence-electron chi connectivity index (χ4n) is 8.07. The second-order valence-corrected chi connectivity index (χ2v) is 11.4. The number of rotatable bonds is 6. The highest BCUT2D eigenvalue weighted by molar-refractivity contribution is 5.67. The summed E-state index contributed by atoms with van der Waals surface area (Å²) in [6.07, 6.45) is 4.56. The van der Waals surface area contributed by atoms with Gasteiger partial charge in [0.15, 0.2) is 12.6 Å². The minimum Gasteiger partial charge on any atom is -0.465 e. The number of esters is 2. The molecular formula is C26H40O8. The third-order valence-electron chi connectivity index (χ3n) is 9.84. The maximum atomic E-state index is 12.2. The SMILES string of the molecule is CCOC1CC2CC(C3(C)C(C)CC(OC(C)=O)C4(COC(C)=O)C3CCCC43CO3)OC2O1. The lowest BCUT2D eigenvalue weighted by Crippen LogP contribution is -2.69. The van der Waals surface area contributed by atoms with Gasteiger partial charge in [-0.25, -0.2) is 0 Å². The summed E-state index contributed by atoms with van der Waals surface area (Å²) in [5.41, 5.74) is -1.21. The van der Waals surface area contributed by atoms with Crippen LogP contribution in [-0.4, -0.2) is 62.1 Å². The molecule has 2 aliphatic carbocycles. The molecule has 5 fully saturated rings. The van der Waals surface area contributed by atoms with Gasteiger partial charge in [0.1, 0.15) is 18.3 Å². The van der Waals surface area contributed by atoms with Crippen LogP contribution < -0.4 is 0 Å². The van der Waals surface area contributed by atoms with Crippen LogP contribution in [0.5, 0.6) is 0 Å². The molecule has 8 nitrogen and oxygen atoms in total. The second kappa shape index (κ2) is 8.71. The zero-order chi connectivity index (χ0) is 24.3. The van der Waals surface area contributed by atoms with Gasteiger partial charge in [-0.05, 0) is 44.4 Å². The summed E-state index contributed by atoms with van der Waals surface area (Å²) in [7, 11) is 0. The first-order chi connectivity index (χ1) is 16.2. The Morgan fingerprint density at radius 1 is 1.09 bits per heavy atom. The van der Waals surface area contributed by atoms with E-state index in [0.29, 0.717) is 25.6 Å². The topological polar surface area (TPSA) is 92.8 Å². The van der Waals surface area contributed by atoms with Gasteiger partial charge in [0, 0.05) is 38.2 Å². The molecule has 0 amide bonds. The molecule has 8 heteroatoms. The largest absolute Gasteiger partial charge is 0.465 e. The van der Waals surface area contributed by atoms with Crippen LogP contribution in [-0.2, 0) is 38.0 Å². The molecule has 5 rings (SSSR count). The molecule has 5 aliphatic rings. The quantitative estimate of drug-likeness (QED) is 0.421. The standard InChI is InChI=1S/C26H40O8/c1-6-29-22-12-18-11-20(33-23(18)34-22)24(5)15(2)10-21(32-17(4)28)26(14-30-16(3)27)19(24)8-7-9-25(26)13-31-25/h15,18-23H,6-14H2,1-5H3. The lowest BCUT2D eigenvalue weighted by atomic mass is 9.42. The van der Waals surface area contributed by atoms with Crippen molar-refractivity contribution in [3.63, 3.8) is 0 Å². The molecule has 10 unspecified atom stereocenters. The number of carbonyl (C=O) groups is 2. The van der Waals surface area contributed by atoms with Crippen molar-refractivity contribution in [2.75, 3.05) is 19.8 Å². The zero-order valence-corrected chi connectivity index (χ0v) is 21.2. The molecule has 1 spiro atoms. The number of hydrogen-bond donors (Lipinski definition) is 0. The van der Waals surface area contributed by atoms with E-state index in [0.717, 1.165) is 32.1 Å². The van der Waals surface area contributed by atoms with Crippen molar-refractivity contribution in [3.8, 4) is 0 Å². The Balaban J connectivity index is 1.50. The van der Waals surface area contributed by atoms with E-state index in [1.165, 1.54) is 13.8 Å². The summed E-state index contributed by atoms with van der Waals surface area (Å²) >= 11 is 0. The van der Waals surface area contributed by atoms with Crippen molar-refractivity contribution in [1.82, 2.24) is 0 Å². The Hall–Kier alpha value is -1.22. The monoisotopic (exact) mass is 480 g/mol. The van der Waals surface area contributed by atoms with Crippen LogP contribution in [0.2, 0.25) is 0 Å². The van der Waals surface area contributed by atoms with Gasteiger partial charge in [0.2, 0.25) is 0 Å². The molecule has 0 aromatic heterocycles. The summed E-state index contributed by atoms with van der Waals surface area (Å²) in [5.74, 6) is 0.0563. The number of fused-ring (bicyclic) bond motifs is 3. The summed E-state index contributed by atoms with van der Waals surface area (Å²) in [4.78, 5) is 24.2. The molecule has 0 aromatic rings. The highest BCUT2D eigenvalue weighted by atomic mass is 16.8. The van der Waals surface area contributed by atoms with E-state index in [2.05, 4.69) is 13.8 Å². The van der Waals surface area contributed by atoms with E-state index < -0.39 is 11.0 Å². The van der Waals surface area contributed by atoms with E-state index in [-0.39, 0.29) is 60.6 Å². The van der Waals surface area contributed by atoms with Crippen LogP contribution in [0.15, 0.2) is 0 Å². The summed E-state index contributed by atoms with van der Waals surface area (Å²) in [5, 5.41) is 0. The average molecular weight is 481 g/mol. The van der Waals surface area contributed by atoms with Crippen LogP contribution in [0, 0.1) is 28.6 Å². The van der Waals surface area contributed by atoms with Crippen LogP contribution >= 0.6 is 0 Å². The molecule has 192 valence electrons. The molecule has 10 atom stereocenters. The molecular weight excluding hydrogens is 440 g/mol. The highest BCUT2D eigenvalue weighted by Gasteiger charge is 2.76. The maximum absolute atomic E-state index is 12.2. The highest BCUT2D eigenvalue weighted by Crippen LogP contribution is 2.70. The van der Waals surface area contributed by atoms with Crippen LogP contribution in [0.3, 0.4) is 0 Å². The zero-order valence-electron chi connectivity index (χ0n) is 21.2. The summed E-state index contributed by atoms with van der Waals surface area (Å²) in [6, 6.07) is 0. The van der Waals surface area contributed by atoms with E-state index in [9.17, 15) is 9.59 Å². The number of ether oxygens (including phenoxy) is 6. The molecule has 34 heavy (non-hydrogen) atoms. The predicted octanol–water partition coefficient (Wildman–Crippen LogP) is 3.60. The minimum atomic E-state index is -0.584. The van der Waals surface area contributed by atoms with Gasteiger partial charge in [-0.1, -0.05) is 20.3 Å². The first-order valence-electron chi connectivity index (χ1n) is 13.0. The van der Waals surface area contributed by atoms with Crippen molar-refractivity contribution in [2.24, 2.45) is 28.6 Å². The van der Waals surface area contributed by atoms with Crippen molar-refractivity contribution in [1.29, 1.82) is 0 Å². The van der Waals surface area contributed by atoms with Crippen molar-refractivity contribution < 1.29 is 38.0 Å². The van der Waals surface area contributed by atoms with E-state index in [1.54, 1.807) is 0 Å². The minimum absolute atomic E-state index is 0.00829. The first kappa shape index (κ1) is 24.5. The Morgan fingerprint density at radius 3 is 2.47 bits per heavy atom. The molecule has 0 N–H and O–H groups in total. The molecule has 0 radical (unpaired) electrons. The molecule has 3 saturated heterocycles. The van der Waals surface area contributed by atoms with Gasteiger partial charge in [-0.2, -0.15) is 0 Å². The Kier molecular flexibility index (Phi) is 6.27. The Labute approximate surface area is 202 Å². The Morgan fingerprint density at radius 2 is 1.85 bits per heavy atom. The van der Waals surface area contributed by atoms with Gasteiger partial charge in [0.05, 0.1) is 18.1 Å². The normalized spacial score (nSPS) is 49.4. The van der Waals surface area contributed by atoms with Crippen molar-refractivity contribution in [2.45, 2.75) is 104 Å². The predicted molar refractivity (Wildman–Crippen MR) is 120 cm³/mol. The van der Waals surface area contributed by atoms with Gasteiger partial charge >= 0.3 is 11.9 Å². The van der Waals surface area contributed by atoms with Gasteiger partial charge in [-0.3, -0.25) is 9.59 Å². The smallest absolute Gasteiger partial charge is 0.302 e. The average Bonchev–Trinajstić information content (AvgIpc) is 3.27. The van der Waals surface area contributed by atoms with Crippen molar-refractivity contribution in [3.05, 3.63) is 0 Å². The van der Waals surface area contributed by atoms with Crippen LogP contribution in [0.25, 0.3) is 0 Å². The molecule has 3 aliphatic heterocycles. The van der Waals surface area contributed by atoms with E-state index >= 15 is 0 Å². The van der Waals surface area contributed by atoms with Gasteiger partial charge in [-0.15, -0.1) is 0 Å². The third kappa shape index (κ3) is 3.62. The number of epoxide rings is 1. The van der Waals surface area contributed by atoms with E-state index in [1.807, 2.05) is 6.92 Å². The van der Waals surface area contributed by atoms with Gasteiger partial charge in [0.25, 0.3) is 0 Å². The summed E-state index contributed by atoms with van der Waals surface area (Å²) < 4.78 is 36.4. The van der Waals surface area contributed by atoms with Crippen molar-refractivity contribution >= 4 is 11.9 Å². The molecule has 3 heterocycles. The van der Waals surface area contributed by atoms with Crippen LogP contribution in [0.1, 0.15) is 73.1 Å². The lowest BCUT2D eigenvalue weighted by Gasteiger charge is -2.64. The van der Waals surface area contributed by atoms with E-state index in [4.69, 9.17) is 28.4 Å². The molecule has 2 saturated carbocycles. The number of hydrogen-bond acceptors (Lipinski definition) is 8. The first-order valence-corrected chi connectivity index (χ1v) is 13.0.